The van der Waals surface area contributed by atoms with E-state index >= 15 is 0 Å². The summed E-state index contributed by atoms with van der Waals surface area (Å²) in [5.74, 6) is -0.612. The number of nitrogens with zero attached hydrogens (tertiary/aromatic N) is 1. The summed E-state index contributed by atoms with van der Waals surface area (Å²) >= 11 is 0. The summed E-state index contributed by atoms with van der Waals surface area (Å²) in [6.07, 6.45) is 4.38. The second kappa shape index (κ2) is 11.9. The third-order valence-corrected chi connectivity index (χ3v) is 6.36. The predicted octanol–water partition coefficient (Wildman–Crippen LogP) is 4.18. The van der Waals surface area contributed by atoms with E-state index in [0.717, 1.165) is 30.6 Å². The first kappa shape index (κ1) is 26.2. The minimum Gasteiger partial charge on any atom is -0.370 e. The van der Waals surface area contributed by atoms with Gasteiger partial charge in [0.1, 0.15) is 0 Å². The third kappa shape index (κ3) is 6.64. The van der Waals surface area contributed by atoms with Crippen LogP contribution in [0.3, 0.4) is 0 Å². The second-order valence-electron chi connectivity index (χ2n) is 9.08. The van der Waals surface area contributed by atoms with Gasteiger partial charge in [0.25, 0.3) is 11.8 Å². The van der Waals surface area contributed by atoms with E-state index in [0.29, 0.717) is 34.6 Å². The highest BCUT2D eigenvalue weighted by molar-refractivity contribution is 6.08. The van der Waals surface area contributed by atoms with Crippen molar-refractivity contribution in [3.63, 3.8) is 0 Å². The van der Waals surface area contributed by atoms with Crippen LogP contribution in [0.2, 0.25) is 0 Å². The molecule has 1 aliphatic rings. The molecule has 38 heavy (non-hydrogen) atoms. The first-order chi connectivity index (χ1) is 18.3. The average molecular weight is 510 g/mol. The summed E-state index contributed by atoms with van der Waals surface area (Å²) in [7, 11) is 0. The van der Waals surface area contributed by atoms with E-state index < -0.39 is 0 Å². The lowest BCUT2D eigenvalue weighted by Gasteiger charge is -2.23. The van der Waals surface area contributed by atoms with Crippen molar-refractivity contribution in [2.45, 2.75) is 19.9 Å². The topological polar surface area (TPSA) is 147 Å². The van der Waals surface area contributed by atoms with Crippen LogP contribution in [0.25, 0.3) is 5.57 Å². The number of amides is 2. The summed E-state index contributed by atoms with van der Waals surface area (Å²) in [5.41, 5.74) is 11.6. The van der Waals surface area contributed by atoms with Gasteiger partial charge in [-0.3, -0.25) is 20.4 Å². The number of carbonyl (C=O) groups is 2. The first-order valence-electron chi connectivity index (χ1n) is 12.3. The van der Waals surface area contributed by atoms with Crippen LogP contribution in [0.15, 0.2) is 72.8 Å². The van der Waals surface area contributed by atoms with E-state index in [4.69, 9.17) is 16.6 Å². The number of hydrogen-bond acceptors (Lipinski definition) is 4. The molecule has 0 aliphatic carbocycles. The maximum Gasteiger partial charge on any atom is 0.255 e. The van der Waals surface area contributed by atoms with Crippen LogP contribution < -0.4 is 21.7 Å². The maximum atomic E-state index is 12.9. The lowest BCUT2D eigenvalue weighted by molar-refractivity contribution is 0.101. The van der Waals surface area contributed by atoms with Gasteiger partial charge in [-0.1, -0.05) is 30.3 Å². The molecule has 0 fully saturated rings. The third-order valence-electron chi connectivity index (χ3n) is 6.36. The SMILES string of the molecule is Cc1cc(C(=O)Nc2ccc(CNC(=N)N)cc2)ccc1C(=O)Nc1ccc(C2=CCN(C=N)CC2)cc1. The molecule has 0 saturated heterocycles. The molecule has 1 heterocycles. The van der Waals surface area contributed by atoms with Gasteiger partial charge in [0.05, 0.1) is 6.34 Å². The number of nitrogens with one attached hydrogen (secondary N) is 5. The van der Waals surface area contributed by atoms with Crippen molar-refractivity contribution in [3.8, 4) is 0 Å². The van der Waals surface area contributed by atoms with Gasteiger partial charge in [-0.05, 0) is 78.1 Å². The Morgan fingerprint density at radius 1 is 0.974 bits per heavy atom. The van der Waals surface area contributed by atoms with Crippen LogP contribution in [-0.4, -0.2) is 42.1 Å². The number of carbonyl (C=O) groups excluding carboxylic acids is 2. The van der Waals surface area contributed by atoms with Gasteiger partial charge in [0.2, 0.25) is 0 Å². The first-order valence-corrected chi connectivity index (χ1v) is 12.3. The Morgan fingerprint density at radius 2 is 1.63 bits per heavy atom. The van der Waals surface area contributed by atoms with Crippen molar-refractivity contribution in [1.29, 1.82) is 10.8 Å². The Labute approximate surface area is 221 Å². The zero-order chi connectivity index (χ0) is 27.1. The number of anilines is 2. The number of hydrogen-bond donors (Lipinski definition) is 6. The molecule has 0 saturated carbocycles. The molecular formula is C29H31N7O2. The maximum absolute atomic E-state index is 12.9. The molecule has 0 atom stereocenters. The van der Waals surface area contributed by atoms with Crippen molar-refractivity contribution in [3.05, 3.63) is 101 Å². The Balaban J connectivity index is 1.35. The smallest absolute Gasteiger partial charge is 0.255 e. The highest BCUT2D eigenvalue weighted by Gasteiger charge is 2.14. The Hall–Kier alpha value is -4.92. The number of nitrogens with two attached hydrogens (primary N) is 1. The van der Waals surface area contributed by atoms with Crippen LogP contribution in [-0.2, 0) is 6.54 Å². The van der Waals surface area contributed by atoms with E-state index in [1.807, 2.05) is 41.3 Å². The Bertz CT molecular complexity index is 1380. The van der Waals surface area contributed by atoms with Gasteiger partial charge in [-0.15, -0.1) is 0 Å². The van der Waals surface area contributed by atoms with Crippen LogP contribution in [0.5, 0.6) is 0 Å². The Morgan fingerprint density at radius 3 is 2.21 bits per heavy atom. The van der Waals surface area contributed by atoms with Crippen molar-refractivity contribution >= 4 is 41.1 Å². The summed E-state index contributed by atoms with van der Waals surface area (Å²) in [6, 6.07) is 20.0. The normalized spacial score (nSPS) is 12.8. The summed E-state index contributed by atoms with van der Waals surface area (Å²) < 4.78 is 0. The Kier molecular flexibility index (Phi) is 8.17. The molecule has 194 valence electrons. The average Bonchev–Trinajstić information content (AvgIpc) is 2.93. The summed E-state index contributed by atoms with van der Waals surface area (Å²) in [5, 5.41) is 23.1. The number of aryl methyl sites for hydroxylation is 1. The number of guanidine groups is 1. The molecule has 1 aliphatic heterocycles. The fourth-order valence-corrected chi connectivity index (χ4v) is 4.20. The van der Waals surface area contributed by atoms with E-state index in [-0.39, 0.29) is 17.8 Å². The molecule has 0 spiro atoms. The predicted molar refractivity (Wildman–Crippen MR) is 152 cm³/mol. The standard InChI is InChI=1S/C29H31N7O2/c1-19-16-23(27(37)34-24-7-2-20(3-8-24)17-33-29(31)32)6-11-26(19)28(38)35-25-9-4-21(5-10-25)22-12-14-36(18-30)15-13-22/h2-12,16,18,30H,13-15,17H2,1H3,(H,34,37)(H,35,38)(H4,31,32,33). The van der Waals surface area contributed by atoms with Crippen molar-refractivity contribution in [1.82, 2.24) is 10.2 Å². The van der Waals surface area contributed by atoms with Crippen LogP contribution >= 0.6 is 0 Å². The molecule has 4 rings (SSSR count). The molecule has 7 N–H and O–H groups in total. The summed E-state index contributed by atoms with van der Waals surface area (Å²) in [4.78, 5) is 27.6. The largest absolute Gasteiger partial charge is 0.370 e. The van der Waals surface area contributed by atoms with Gasteiger partial charge in [0, 0.05) is 42.1 Å². The van der Waals surface area contributed by atoms with Gasteiger partial charge in [-0.2, -0.15) is 0 Å². The highest BCUT2D eigenvalue weighted by Crippen LogP contribution is 2.24. The minimum atomic E-state index is -0.272. The van der Waals surface area contributed by atoms with E-state index in [2.05, 4.69) is 22.0 Å². The minimum absolute atomic E-state index is 0.0992. The lowest BCUT2D eigenvalue weighted by atomic mass is 9.99. The molecule has 0 radical (unpaired) electrons. The molecule has 9 nitrogen and oxygen atoms in total. The van der Waals surface area contributed by atoms with Crippen LogP contribution in [0.4, 0.5) is 11.4 Å². The molecule has 9 heteroatoms. The van der Waals surface area contributed by atoms with E-state index in [1.54, 1.807) is 37.3 Å². The quantitative estimate of drug-likeness (QED) is 0.199. The van der Waals surface area contributed by atoms with Gasteiger partial charge >= 0.3 is 0 Å². The molecule has 3 aromatic carbocycles. The monoisotopic (exact) mass is 509 g/mol. The van der Waals surface area contributed by atoms with Crippen LogP contribution in [0.1, 0.15) is 43.8 Å². The second-order valence-corrected chi connectivity index (χ2v) is 9.08. The summed E-state index contributed by atoms with van der Waals surface area (Å²) in [6.45, 7) is 3.79. The fourth-order valence-electron chi connectivity index (χ4n) is 4.20. The number of rotatable bonds is 8. The fraction of sp³-hybridized carbons (Fsp3) is 0.172. The highest BCUT2D eigenvalue weighted by atomic mass is 16.2. The zero-order valence-electron chi connectivity index (χ0n) is 21.2. The van der Waals surface area contributed by atoms with Gasteiger partial charge < -0.3 is 26.6 Å². The lowest BCUT2D eigenvalue weighted by Crippen LogP contribution is -2.29. The van der Waals surface area contributed by atoms with Crippen LogP contribution in [0, 0.1) is 17.7 Å². The molecule has 0 bridgehead atoms. The molecule has 0 aromatic heterocycles. The van der Waals surface area contributed by atoms with E-state index in [9.17, 15) is 9.59 Å². The van der Waals surface area contributed by atoms with E-state index in [1.165, 1.54) is 11.9 Å². The number of benzene rings is 3. The van der Waals surface area contributed by atoms with Crippen molar-refractivity contribution in [2.75, 3.05) is 23.7 Å². The van der Waals surface area contributed by atoms with Crippen molar-refractivity contribution < 1.29 is 9.59 Å². The van der Waals surface area contributed by atoms with Gasteiger partial charge in [0.15, 0.2) is 5.96 Å². The zero-order valence-corrected chi connectivity index (χ0v) is 21.2. The molecule has 2 amide bonds. The molecule has 3 aromatic rings. The molecular weight excluding hydrogens is 478 g/mol. The van der Waals surface area contributed by atoms with Gasteiger partial charge in [-0.25, -0.2) is 0 Å². The molecule has 0 unspecified atom stereocenters. The van der Waals surface area contributed by atoms with Crippen molar-refractivity contribution in [2.24, 2.45) is 5.73 Å².